The Morgan fingerprint density at radius 2 is 1.88 bits per heavy atom. The highest BCUT2D eigenvalue weighted by Crippen LogP contribution is 2.28. The number of rotatable bonds is 3. The van der Waals surface area contributed by atoms with Crippen molar-refractivity contribution >= 4 is 0 Å². The zero-order chi connectivity index (χ0) is 12.2. The summed E-state index contributed by atoms with van der Waals surface area (Å²) in [7, 11) is 0. The minimum atomic E-state index is -4.28. The lowest BCUT2D eigenvalue weighted by Gasteiger charge is -2.09. The summed E-state index contributed by atoms with van der Waals surface area (Å²) in [6.45, 7) is 2.27. The molecule has 1 nitrogen and oxygen atoms in total. The van der Waals surface area contributed by atoms with E-state index in [0.29, 0.717) is 6.54 Å². The summed E-state index contributed by atoms with van der Waals surface area (Å²) in [6.07, 6.45) is 0.876. The van der Waals surface area contributed by atoms with Gasteiger partial charge in [-0.05, 0) is 24.6 Å². The molecule has 0 saturated heterocycles. The summed E-state index contributed by atoms with van der Waals surface area (Å²) in [4.78, 5) is 0. The van der Waals surface area contributed by atoms with Crippen molar-refractivity contribution < 1.29 is 13.2 Å². The third-order valence-corrected chi connectivity index (χ3v) is 2.14. The molecule has 1 rings (SSSR count). The molecule has 1 aromatic carbocycles. The molecule has 0 aliphatic carbocycles. The predicted molar refractivity (Wildman–Crippen MR) is 56.6 cm³/mol. The molecule has 16 heavy (non-hydrogen) atoms. The third kappa shape index (κ3) is 3.59. The molecule has 0 heterocycles. The van der Waals surface area contributed by atoms with Gasteiger partial charge in [-0.2, -0.15) is 13.2 Å². The van der Waals surface area contributed by atoms with Crippen molar-refractivity contribution in [1.82, 2.24) is 5.32 Å². The number of hydrogen-bond donors (Lipinski definition) is 1. The van der Waals surface area contributed by atoms with E-state index in [0.717, 1.165) is 17.7 Å². The van der Waals surface area contributed by atoms with Crippen LogP contribution in [0.4, 0.5) is 13.2 Å². The van der Waals surface area contributed by atoms with Crippen LogP contribution in [0.25, 0.3) is 0 Å². The Labute approximate surface area is 92.7 Å². The molecule has 1 atom stereocenters. The summed E-state index contributed by atoms with van der Waals surface area (Å²) in [5.74, 6) is 2.48. The monoisotopic (exact) mass is 227 g/mol. The first-order valence-corrected chi connectivity index (χ1v) is 4.79. The van der Waals surface area contributed by atoms with Gasteiger partial charge in [0.05, 0.1) is 11.6 Å². The van der Waals surface area contributed by atoms with Crippen LogP contribution in [0, 0.1) is 12.3 Å². The molecule has 0 spiro atoms. The van der Waals surface area contributed by atoms with Crippen molar-refractivity contribution in [3.8, 4) is 12.3 Å². The number of nitrogens with one attached hydrogen (secondary N) is 1. The summed E-state index contributed by atoms with van der Waals surface area (Å²) in [5, 5.41) is 2.99. The van der Waals surface area contributed by atoms with Gasteiger partial charge in [-0.3, -0.25) is 5.32 Å². The van der Waals surface area contributed by atoms with Crippen LogP contribution in [0.15, 0.2) is 24.3 Å². The molecule has 0 bridgehead atoms. The number of alkyl halides is 3. The molecule has 4 heteroatoms. The van der Waals surface area contributed by atoms with Crippen molar-refractivity contribution in [1.29, 1.82) is 0 Å². The highest BCUT2D eigenvalue weighted by atomic mass is 19.4. The predicted octanol–water partition coefficient (Wildman–Crippen LogP) is 2.82. The number of hydrogen-bond acceptors (Lipinski definition) is 1. The van der Waals surface area contributed by atoms with E-state index in [1.54, 1.807) is 0 Å². The van der Waals surface area contributed by atoms with Crippen LogP contribution >= 0.6 is 0 Å². The van der Waals surface area contributed by atoms with Crippen LogP contribution in [0.1, 0.15) is 18.1 Å². The van der Waals surface area contributed by atoms with E-state index in [1.807, 2.05) is 6.92 Å². The van der Waals surface area contributed by atoms with Crippen LogP contribution in [-0.4, -0.2) is 6.04 Å². The number of terminal acetylenes is 1. The second-order valence-electron chi connectivity index (χ2n) is 3.46. The first-order valence-electron chi connectivity index (χ1n) is 4.79. The van der Waals surface area contributed by atoms with Gasteiger partial charge in [-0.15, -0.1) is 6.42 Å². The molecule has 0 aliphatic rings. The van der Waals surface area contributed by atoms with Crippen LogP contribution in [0.2, 0.25) is 0 Å². The van der Waals surface area contributed by atoms with E-state index in [-0.39, 0.29) is 6.04 Å². The van der Waals surface area contributed by atoms with E-state index in [4.69, 9.17) is 6.42 Å². The Morgan fingerprint density at radius 1 is 1.31 bits per heavy atom. The zero-order valence-electron chi connectivity index (χ0n) is 8.81. The van der Waals surface area contributed by atoms with Gasteiger partial charge < -0.3 is 0 Å². The van der Waals surface area contributed by atoms with E-state index in [1.165, 1.54) is 12.1 Å². The second-order valence-corrected chi connectivity index (χ2v) is 3.46. The van der Waals surface area contributed by atoms with Crippen LogP contribution in [-0.2, 0) is 12.7 Å². The third-order valence-electron chi connectivity index (χ3n) is 2.14. The highest BCUT2D eigenvalue weighted by molar-refractivity contribution is 5.24. The Morgan fingerprint density at radius 3 is 2.31 bits per heavy atom. The average molecular weight is 227 g/mol. The topological polar surface area (TPSA) is 12.0 Å². The van der Waals surface area contributed by atoms with Gasteiger partial charge in [0.1, 0.15) is 0 Å². The molecule has 1 unspecified atom stereocenters. The quantitative estimate of drug-likeness (QED) is 0.783. The van der Waals surface area contributed by atoms with Crippen molar-refractivity contribution in [3.63, 3.8) is 0 Å². The molecule has 1 aromatic rings. The Balaban J connectivity index is 2.63. The molecule has 0 aliphatic heterocycles. The lowest BCUT2D eigenvalue weighted by molar-refractivity contribution is -0.137. The van der Waals surface area contributed by atoms with Crippen molar-refractivity contribution in [2.24, 2.45) is 0 Å². The van der Waals surface area contributed by atoms with Crippen LogP contribution < -0.4 is 5.32 Å². The van der Waals surface area contributed by atoms with Gasteiger partial charge in [0.2, 0.25) is 0 Å². The first kappa shape index (κ1) is 12.6. The molecule has 1 N–H and O–H groups in total. The molecule has 0 aromatic heterocycles. The fourth-order valence-electron chi connectivity index (χ4n) is 1.14. The van der Waals surface area contributed by atoms with Crippen molar-refractivity contribution in [2.45, 2.75) is 25.7 Å². The molecule has 86 valence electrons. The molecule has 0 saturated carbocycles. The molecular weight excluding hydrogens is 215 g/mol. The Hall–Kier alpha value is -1.47. The lowest BCUT2D eigenvalue weighted by atomic mass is 10.1. The number of halogens is 3. The summed E-state index contributed by atoms with van der Waals surface area (Å²) in [6, 6.07) is 4.93. The van der Waals surface area contributed by atoms with Gasteiger partial charge in [0.25, 0.3) is 0 Å². The number of benzene rings is 1. The standard InChI is InChI=1S/C12H12F3N/c1-3-9(2)16-8-10-4-6-11(7-5-10)12(13,14)15/h1,4-7,9,16H,8H2,2H3. The van der Waals surface area contributed by atoms with Gasteiger partial charge in [0.15, 0.2) is 0 Å². The van der Waals surface area contributed by atoms with E-state index >= 15 is 0 Å². The fourth-order valence-corrected chi connectivity index (χ4v) is 1.14. The maximum atomic E-state index is 12.2. The van der Waals surface area contributed by atoms with E-state index in [9.17, 15) is 13.2 Å². The SMILES string of the molecule is C#CC(C)NCc1ccc(C(F)(F)F)cc1. The average Bonchev–Trinajstić information content (AvgIpc) is 2.25. The largest absolute Gasteiger partial charge is 0.416 e. The maximum absolute atomic E-state index is 12.2. The summed E-state index contributed by atoms with van der Waals surface area (Å²) in [5.41, 5.74) is 0.136. The second kappa shape index (κ2) is 5.04. The highest BCUT2D eigenvalue weighted by Gasteiger charge is 2.29. The normalized spacial score (nSPS) is 13.2. The van der Waals surface area contributed by atoms with Crippen LogP contribution in [0.5, 0.6) is 0 Å². The Bertz CT molecular complexity index is 373. The van der Waals surface area contributed by atoms with Gasteiger partial charge in [-0.25, -0.2) is 0 Å². The van der Waals surface area contributed by atoms with E-state index in [2.05, 4.69) is 11.2 Å². The molecule has 0 fully saturated rings. The minimum absolute atomic E-state index is 0.0951. The Kier molecular flexibility index (Phi) is 3.97. The fraction of sp³-hybridized carbons (Fsp3) is 0.333. The zero-order valence-corrected chi connectivity index (χ0v) is 8.81. The smallest absolute Gasteiger partial charge is 0.300 e. The first-order chi connectivity index (χ1) is 7.43. The van der Waals surface area contributed by atoms with Crippen LogP contribution in [0.3, 0.4) is 0 Å². The minimum Gasteiger partial charge on any atom is -0.300 e. The van der Waals surface area contributed by atoms with Crippen molar-refractivity contribution in [2.75, 3.05) is 0 Å². The molecular formula is C12H12F3N. The van der Waals surface area contributed by atoms with Gasteiger partial charge in [0, 0.05) is 6.54 Å². The molecule has 0 amide bonds. The summed E-state index contributed by atoms with van der Waals surface area (Å²) >= 11 is 0. The lowest BCUT2D eigenvalue weighted by Crippen LogP contribution is -2.23. The maximum Gasteiger partial charge on any atom is 0.416 e. The van der Waals surface area contributed by atoms with Gasteiger partial charge in [-0.1, -0.05) is 18.1 Å². The van der Waals surface area contributed by atoms with E-state index < -0.39 is 11.7 Å². The molecule has 0 radical (unpaired) electrons. The van der Waals surface area contributed by atoms with Gasteiger partial charge >= 0.3 is 6.18 Å². The summed E-state index contributed by atoms with van der Waals surface area (Å²) < 4.78 is 36.7. The van der Waals surface area contributed by atoms with Crippen molar-refractivity contribution in [3.05, 3.63) is 35.4 Å².